The van der Waals surface area contributed by atoms with Crippen molar-refractivity contribution in [3.05, 3.63) is 120 Å². The lowest BCUT2D eigenvalue weighted by atomic mass is 9.95. The maximum absolute atomic E-state index is 13.5. The summed E-state index contributed by atoms with van der Waals surface area (Å²) in [5.41, 5.74) is 2.73. The van der Waals surface area contributed by atoms with E-state index in [1.165, 1.54) is 11.3 Å². The van der Waals surface area contributed by atoms with E-state index in [1.54, 1.807) is 54.4 Å². The average Bonchev–Trinajstić information content (AvgIpc) is 3.42. The number of amides is 1. The molecule has 33 heavy (non-hydrogen) atoms. The molecule has 0 saturated heterocycles. The lowest BCUT2D eigenvalue weighted by Crippen LogP contribution is -2.40. The number of thiazole rings is 1. The van der Waals surface area contributed by atoms with Crippen LogP contribution in [0, 0.1) is 0 Å². The molecule has 3 heterocycles. The Balaban J connectivity index is 1.71. The summed E-state index contributed by atoms with van der Waals surface area (Å²) in [4.78, 5) is 32.1. The fraction of sp³-hybridized carbons (Fsp3) is 0.0800. The smallest absolute Gasteiger partial charge is 0.271 e. The van der Waals surface area contributed by atoms with E-state index in [-0.39, 0.29) is 11.5 Å². The second-order valence-electron chi connectivity index (χ2n) is 7.48. The van der Waals surface area contributed by atoms with Crippen LogP contribution in [-0.2, 0) is 4.79 Å². The molecule has 1 aliphatic heterocycles. The molecule has 1 amide bonds. The zero-order valence-corrected chi connectivity index (χ0v) is 19.1. The van der Waals surface area contributed by atoms with Crippen LogP contribution < -0.4 is 20.2 Å². The van der Waals surface area contributed by atoms with Gasteiger partial charge in [0.05, 0.1) is 34.4 Å². The Morgan fingerprint density at radius 1 is 1.15 bits per heavy atom. The van der Waals surface area contributed by atoms with E-state index in [9.17, 15) is 9.59 Å². The number of benzene rings is 2. The first kappa shape index (κ1) is 21.2. The van der Waals surface area contributed by atoms with E-state index in [0.717, 1.165) is 5.56 Å². The number of para-hydroxylation sites is 1. The molecule has 1 aliphatic rings. The number of halogens is 1. The maximum atomic E-state index is 13.5. The fourth-order valence-electron chi connectivity index (χ4n) is 3.83. The quantitative estimate of drug-likeness (QED) is 0.482. The summed E-state index contributed by atoms with van der Waals surface area (Å²) in [6.07, 6.45) is 4.86. The van der Waals surface area contributed by atoms with Crippen LogP contribution in [0.2, 0.25) is 5.02 Å². The number of hydrogen-bond acceptors (Lipinski definition) is 5. The summed E-state index contributed by atoms with van der Waals surface area (Å²) in [7, 11) is 0. The largest absolute Gasteiger partial charge is 0.472 e. The molecule has 164 valence electrons. The molecule has 0 bridgehead atoms. The predicted octanol–water partition coefficient (Wildman–Crippen LogP) is 4.12. The summed E-state index contributed by atoms with van der Waals surface area (Å²) < 4.78 is 7.16. The average molecular weight is 476 g/mol. The third-order valence-electron chi connectivity index (χ3n) is 5.34. The van der Waals surface area contributed by atoms with Crippen molar-refractivity contribution in [3.8, 4) is 0 Å². The summed E-state index contributed by atoms with van der Waals surface area (Å²) in [5, 5.41) is 3.39. The molecule has 0 saturated carbocycles. The van der Waals surface area contributed by atoms with Crippen molar-refractivity contribution in [3.63, 3.8) is 0 Å². The summed E-state index contributed by atoms with van der Waals surface area (Å²) in [6, 6.07) is 17.4. The topological polar surface area (TPSA) is 76.6 Å². The Labute approximate surface area is 197 Å². The molecule has 2 aromatic carbocycles. The lowest BCUT2D eigenvalue weighted by molar-refractivity contribution is -0.113. The second kappa shape index (κ2) is 8.69. The van der Waals surface area contributed by atoms with Crippen molar-refractivity contribution in [2.75, 3.05) is 5.32 Å². The molecule has 0 spiro atoms. The van der Waals surface area contributed by atoms with Crippen LogP contribution in [0.4, 0.5) is 5.69 Å². The molecular formula is C25H18ClN3O3S. The van der Waals surface area contributed by atoms with E-state index in [1.807, 2.05) is 36.4 Å². The number of furan rings is 1. The van der Waals surface area contributed by atoms with Gasteiger partial charge in [0.2, 0.25) is 0 Å². The van der Waals surface area contributed by atoms with Crippen molar-refractivity contribution in [1.82, 2.24) is 4.57 Å². The van der Waals surface area contributed by atoms with Crippen molar-refractivity contribution in [2.24, 2.45) is 4.99 Å². The number of fused-ring (bicyclic) bond motifs is 1. The van der Waals surface area contributed by atoms with E-state index in [4.69, 9.17) is 16.0 Å². The van der Waals surface area contributed by atoms with Gasteiger partial charge in [0.25, 0.3) is 11.5 Å². The number of nitrogens with one attached hydrogen (secondary N) is 1. The van der Waals surface area contributed by atoms with E-state index >= 15 is 0 Å². The number of anilines is 1. The van der Waals surface area contributed by atoms with E-state index in [0.29, 0.717) is 36.9 Å². The number of allylic oxidation sites excluding steroid dienone is 1. The molecule has 0 fully saturated rings. The normalized spacial score (nSPS) is 15.8. The van der Waals surface area contributed by atoms with Crippen LogP contribution in [0.1, 0.15) is 24.1 Å². The van der Waals surface area contributed by atoms with Gasteiger partial charge in [-0.1, -0.05) is 59.3 Å². The standard InChI is InChI=1S/C25H18ClN3O3S/c1-15-21(23(30)28-17-7-3-2-4-8-17)22(18-9-5-6-10-19(18)26)29-24(31)20(33-25(29)27-15)13-16-11-12-32-14-16/h2-14,22H,1H3,(H,28,30)/t22-/m0/s1. The van der Waals surface area contributed by atoms with Crippen LogP contribution >= 0.6 is 22.9 Å². The Morgan fingerprint density at radius 3 is 2.64 bits per heavy atom. The van der Waals surface area contributed by atoms with Gasteiger partial charge in [-0.2, -0.15) is 0 Å². The van der Waals surface area contributed by atoms with Crippen molar-refractivity contribution in [1.29, 1.82) is 0 Å². The van der Waals surface area contributed by atoms with Gasteiger partial charge in [-0.15, -0.1) is 0 Å². The molecule has 0 unspecified atom stereocenters. The fourth-order valence-corrected chi connectivity index (χ4v) is 5.12. The highest BCUT2D eigenvalue weighted by atomic mass is 35.5. The summed E-state index contributed by atoms with van der Waals surface area (Å²) >= 11 is 7.82. The minimum absolute atomic E-state index is 0.248. The van der Waals surface area contributed by atoms with Gasteiger partial charge >= 0.3 is 0 Å². The Kier molecular flexibility index (Phi) is 5.58. The van der Waals surface area contributed by atoms with Gasteiger partial charge in [-0.05, 0) is 42.8 Å². The number of carbonyl (C=O) groups is 1. The Morgan fingerprint density at radius 2 is 1.91 bits per heavy atom. The van der Waals surface area contributed by atoms with Crippen molar-refractivity contribution >= 4 is 40.6 Å². The molecule has 1 atom stereocenters. The SMILES string of the molecule is CC1=C(C(=O)Nc2ccccc2)[C@H](c2ccccc2Cl)n2c(sc(=Cc3ccoc3)c2=O)=N1. The van der Waals surface area contributed by atoms with Gasteiger partial charge < -0.3 is 9.73 Å². The number of nitrogens with zero attached hydrogens (tertiary/aromatic N) is 2. The summed E-state index contributed by atoms with van der Waals surface area (Å²) in [6.45, 7) is 1.77. The number of hydrogen-bond donors (Lipinski definition) is 1. The van der Waals surface area contributed by atoms with Crippen molar-refractivity contribution < 1.29 is 9.21 Å². The third kappa shape index (κ3) is 3.97. The Bertz CT molecular complexity index is 1550. The van der Waals surface area contributed by atoms with Crippen LogP contribution in [0.25, 0.3) is 6.08 Å². The second-order valence-corrected chi connectivity index (χ2v) is 8.90. The molecule has 8 heteroatoms. The van der Waals surface area contributed by atoms with Gasteiger partial charge in [-0.25, -0.2) is 4.99 Å². The monoisotopic (exact) mass is 475 g/mol. The molecule has 6 nitrogen and oxygen atoms in total. The van der Waals surface area contributed by atoms with Gasteiger partial charge in [0, 0.05) is 16.3 Å². The van der Waals surface area contributed by atoms with Gasteiger partial charge in [0.1, 0.15) is 0 Å². The van der Waals surface area contributed by atoms with Crippen LogP contribution in [0.15, 0.2) is 98.7 Å². The zero-order chi connectivity index (χ0) is 22.9. The molecule has 2 aromatic heterocycles. The highest BCUT2D eigenvalue weighted by Crippen LogP contribution is 2.34. The molecule has 1 N–H and O–H groups in total. The first-order chi connectivity index (χ1) is 16.0. The number of aromatic nitrogens is 1. The maximum Gasteiger partial charge on any atom is 0.271 e. The first-order valence-corrected chi connectivity index (χ1v) is 11.4. The van der Waals surface area contributed by atoms with Gasteiger partial charge in [0.15, 0.2) is 4.80 Å². The minimum Gasteiger partial charge on any atom is -0.472 e. The minimum atomic E-state index is -0.717. The summed E-state index contributed by atoms with van der Waals surface area (Å²) in [5.74, 6) is -0.337. The first-order valence-electron chi connectivity index (χ1n) is 10.2. The third-order valence-corrected chi connectivity index (χ3v) is 6.67. The Hall–Kier alpha value is -3.68. The molecule has 0 aliphatic carbocycles. The number of carbonyl (C=O) groups excluding carboxylic acids is 1. The van der Waals surface area contributed by atoms with Gasteiger partial charge in [-0.3, -0.25) is 14.2 Å². The van der Waals surface area contributed by atoms with Crippen LogP contribution in [0.5, 0.6) is 0 Å². The molecular weight excluding hydrogens is 458 g/mol. The van der Waals surface area contributed by atoms with E-state index < -0.39 is 6.04 Å². The molecule has 5 rings (SSSR count). The number of rotatable bonds is 4. The van der Waals surface area contributed by atoms with Crippen LogP contribution in [0.3, 0.4) is 0 Å². The van der Waals surface area contributed by atoms with E-state index in [2.05, 4.69) is 10.3 Å². The lowest BCUT2D eigenvalue weighted by Gasteiger charge is -2.26. The highest BCUT2D eigenvalue weighted by molar-refractivity contribution is 7.07. The molecule has 4 aromatic rings. The zero-order valence-electron chi connectivity index (χ0n) is 17.5. The molecule has 0 radical (unpaired) electrons. The predicted molar refractivity (Wildman–Crippen MR) is 129 cm³/mol. The van der Waals surface area contributed by atoms with Crippen molar-refractivity contribution in [2.45, 2.75) is 13.0 Å². The van der Waals surface area contributed by atoms with Crippen LogP contribution in [-0.4, -0.2) is 10.5 Å². The highest BCUT2D eigenvalue weighted by Gasteiger charge is 2.33.